The summed E-state index contributed by atoms with van der Waals surface area (Å²) in [4.78, 5) is 29.4. The highest BCUT2D eigenvalue weighted by Crippen LogP contribution is 2.43. The van der Waals surface area contributed by atoms with E-state index < -0.39 is 18.0 Å². The molecule has 5 rings (SSSR count). The summed E-state index contributed by atoms with van der Waals surface area (Å²) in [5.41, 5.74) is 1.43. The number of phenols is 1. The average molecular weight is 502 g/mol. The summed E-state index contributed by atoms with van der Waals surface area (Å²) in [6.07, 6.45) is 1.68. The van der Waals surface area contributed by atoms with Gasteiger partial charge < -0.3 is 30.0 Å². The van der Waals surface area contributed by atoms with Crippen LogP contribution in [-0.2, 0) is 0 Å². The van der Waals surface area contributed by atoms with Crippen LogP contribution in [0.25, 0.3) is 11.3 Å². The SMILES string of the molecule is O=C(O)c1cc(C(=O)O)cc(-c2ccc([C@H]3[C@@H](c4ccccn4)NC(=S)N3c3ccc(O)cc3)o2)c1. The maximum atomic E-state index is 11.6. The zero-order chi connectivity index (χ0) is 25.4. The van der Waals surface area contributed by atoms with Crippen LogP contribution >= 0.6 is 12.2 Å². The number of carbonyl (C=O) groups is 2. The molecule has 0 amide bonds. The van der Waals surface area contributed by atoms with Gasteiger partial charge in [-0.25, -0.2) is 9.59 Å². The van der Waals surface area contributed by atoms with Gasteiger partial charge in [0.2, 0.25) is 0 Å². The van der Waals surface area contributed by atoms with Gasteiger partial charge in [0.15, 0.2) is 5.11 Å². The van der Waals surface area contributed by atoms with Gasteiger partial charge in [0.25, 0.3) is 0 Å². The molecule has 0 bridgehead atoms. The summed E-state index contributed by atoms with van der Waals surface area (Å²) < 4.78 is 6.19. The molecule has 36 heavy (non-hydrogen) atoms. The topological polar surface area (TPSA) is 136 Å². The van der Waals surface area contributed by atoms with Crippen LogP contribution in [0.15, 0.2) is 83.4 Å². The molecule has 3 heterocycles. The Morgan fingerprint density at radius 1 is 0.944 bits per heavy atom. The first-order chi connectivity index (χ1) is 17.3. The summed E-state index contributed by atoms with van der Waals surface area (Å²) in [5.74, 6) is -1.57. The van der Waals surface area contributed by atoms with Gasteiger partial charge in [0.05, 0.1) is 22.9 Å². The highest BCUT2D eigenvalue weighted by Gasteiger charge is 2.42. The third kappa shape index (κ3) is 4.25. The minimum Gasteiger partial charge on any atom is -0.508 e. The average Bonchev–Trinajstić information content (AvgIpc) is 3.49. The fraction of sp³-hybridized carbons (Fsp3) is 0.0769. The molecule has 2 aromatic heterocycles. The van der Waals surface area contributed by atoms with E-state index in [1.165, 1.54) is 12.1 Å². The van der Waals surface area contributed by atoms with Crippen molar-refractivity contribution < 1.29 is 29.3 Å². The maximum absolute atomic E-state index is 11.6. The van der Waals surface area contributed by atoms with Crippen molar-refractivity contribution in [3.8, 4) is 17.1 Å². The lowest BCUT2D eigenvalue weighted by molar-refractivity contribution is 0.0696. The van der Waals surface area contributed by atoms with Crippen molar-refractivity contribution in [2.24, 2.45) is 0 Å². The number of phenolic OH excluding ortho intramolecular Hbond substituents is 1. The Morgan fingerprint density at radius 3 is 2.25 bits per heavy atom. The fourth-order valence-corrected chi connectivity index (χ4v) is 4.56. The van der Waals surface area contributed by atoms with E-state index in [9.17, 15) is 24.9 Å². The number of carboxylic acids is 2. The Balaban J connectivity index is 1.61. The van der Waals surface area contributed by atoms with E-state index in [-0.39, 0.29) is 22.9 Å². The van der Waals surface area contributed by atoms with Crippen LogP contribution in [0.2, 0.25) is 0 Å². The molecule has 10 heteroatoms. The molecular weight excluding hydrogens is 482 g/mol. The first kappa shape index (κ1) is 23.1. The molecule has 0 radical (unpaired) electrons. The largest absolute Gasteiger partial charge is 0.508 e. The summed E-state index contributed by atoms with van der Waals surface area (Å²) in [6, 6.07) is 18.5. The summed E-state index contributed by atoms with van der Waals surface area (Å²) in [6.45, 7) is 0. The van der Waals surface area contributed by atoms with E-state index in [0.717, 1.165) is 11.8 Å². The van der Waals surface area contributed by atoms with Crippen molar-refractivity contribution in [3.05, 3.63) is 102 Å². The summed E-state index contributed by atoms with van der Waals surface area (Å²) in [5, 5.41) is 32.3. The minimum absolute atomic E-state index is 0.113. The van der Waals surface area contributed by atoms with Gasteiger partial charge in [-0.05, 0) is 78.9 Å². The van der Waals surface area contributed by atoms with Gasteiger partial charge in [-0.1, -0.05) is 6.07 Å². The van der Waals surface area contributed by atoms with E-state index in [0.29, 0.717) is 27.9 Å². The molecule has 1 aliphatic heterocycles. The predicted molar refractivity (Wildman–Crippen MR) is 134 cm³/mol. The van der Waals surface area contributed by atoms with E-state index in [2.05, 4.69) is 10.3 Å². The molecule has 9 nitrogen and oxygen atoms in total. The lowest BCUT2D eigenvalue weighted by atomic mass is 10.0. The highest BCUT2D eigenvalue weighted by atomic mass is 32.1. The van der Waals surface area contributed by atoms with E-state index >= 15 is 0 Å². The second-order valence-corrected chi connectivity index (χ2v) is 8.51. The number of benzene rings is 2. The van der Waals surface area contributed by atoms with Crippen molar-refractivity contribution in [3.63, 3.8) is 0 Å². The molecular formula is C26H19N3O6S. The second-order valence-electron chi connectivity index (χ2n) is 8.12. The zero-order valence-corrected chi connectivity index (χ0v) is 19.3. The predicted octanol–water partition coefficient (Wildman–Crippen LogP) is 4.62. The fourth-order valence-electron chi connectivity index (χ4n) is 4.22. The van der Waals surface area contributed by atoms with Crippen molar-refractivity contribution in [1.82, 2.24) is 10.3 Å². The lowest BCUT2D eigenvalue weighted by Gasteiger charge is -2.26. The van der Waals surface area contributed by atoms with Crippen LogP contribution in [0, 0.1) is 0 Å². The third-order valence-electron chi connectivity index (χ3n) is 5.86. The Hall–Kier alpha value is -4.70. The summed E-state index contributed by atoms with van der Waals surface area (Å²) in [7, 11) is 0. The molecule has 4 aromatic rings. The Labute approximate surface area is 210 Å². The smallest absolute Gasteiger partial charge is 0.335 e. The monoisotopic (exact) mass is 501 g/mol. The first-order valence-corrected chi connectivity index (χ1v) is 11.2. The van der Waals surface area contributed by atoms with Crippen LogP contribution in [0.4, 0.5) is 5.69 Å². The number of thiocarbonyl (C=S) groups is 1. The molecule has 1 saturated heterocycles. The Bertz CT molecular complexity index is 1440. The molecule has 0 unspecified atom stereocenters. The molecule has 0 saturated carbocycles. The number of rotatable bonds is 6. The van der Waals surface area contributed by atoms with Gasteiger partial charge in [0, 0.05) is 17.4 Å². The van der Waals surface area contributed by atoms with Crippen molar-refractivity contribution in [2.45, 2.75) is 12.1 Å². The molecule has 4 N–H and O–H groups in total. The standard InChI is InChI=1S/C26H19N3O6S/c30-18-6-4-17(5-7-18)29-23(22(28-26(29)36)19-3-1-2-10-27-19)21-9-8-20(35-21)14-11-15(24(31)32)13-16(12-14)25(33)34/h1-13,22-23,30H,(H,28,36)(H,31,32)(H,33,34)/t22-,23+/m1/s1. The second kappa shape index (κ2) is 9.16. The van der Waals surface area contributed by atoms with Crippen LogP contribution < -0.4 is 10.2 Å². The molecule has 1 aliphatic rings. The molecule has 0 aliphatic carbocycles. The van der Waals surface area contributed by atoms with E-state index in [1.807, 2.05) is 23.1 Å². The van der Waals surface area contributed by atoms with Crippen LogP contribution in [-0.4, -0.2) is 37.4 Å². The number of nitrogens with zero attached hydrogens (tertiary/aromatic N) is 2. The number of anilines is 1. The number of carboxylic acid groups (broad SMARTS) is 2. The van der Waals surface area contributed by atoms with Crippen LogP contribution in [0.1, 0.15) is 44.3 Å². The van der Waals surface area contributed by atoms with Crippen LogP contribution in [0.3, 0.4) is 0 Å². The summed E-state index contributed by atoms with van der Waals surface area (Å²) >= 11 is 5.65. The molecule has 2 aromatic carbocycles. The maximum Gasteiger partial charge on any atom is 0.335 e. The number of hydrogen-bond acceptors (Lipinski definition) is 6. The quantitative estimate of drug-likeness (QED) is 0.277. The van der Waals surface area contributed by atoms with Crippen LogP contribution in [0.5, 0.6) is 5.75 Å². The normalized spacial score (nSPS) is 17.1. The number of aromatic nitrogens is 1. The molecule has 0 spiro atoms. The zero-order valence-electron chi connectivity index (χ0n) is 18.5. The third-order valence-corrected chi connectivity index (χ3v) is 6.17. The van der Waals surface area contributed by atoms with E-state index in [1.54, 1.807) is 42.6 Å². The number of aromatic carboxylic acids is 2. The van der Waals surface area contributed by atoms with Gasteiger partial charge in [-0.2, -0.15) is 0 Å². The number of aromatic hydroxyl groups is 1. The van der Waals surface area contributed by atoms with Crippen molar-refractivity contribution in [1.29, 1.82) is 0 Å². The van der Waals surface area contributed by atoms with Gasteiger partial charge in [-0.15, -0.1) is 0 Å². The van der Waals surface area contributed by atoms with Crippen molar-refractivity contribution >= 4 is 35.0 Å². The minimum atomic E-state index is -1.25. The molecule has 180 valence electrons. The number of hydrogen-bond donors (Lipinski definition) is 4. The lowest BCUT2D eigenvalue weighted by Crippen LogP contribution is -2.29. The number of furan rings is 1. The van der Waals surface area contributed by atoms with Gasteiger partial charge in [-0.3, -0.25) is 4.98 Å². The Morgan fingerprint density at radius 2 is 1.64 bits per heavy atom. The van der Waals surface area contributed by atoms with E-state index in [4.69, 9.17) is 16.6 Å². The van der Waals surface area contributed by atoms with Gasteiger partial charge in [0.1, 0.15) is 23.3 Å². The first-order valence-electron chi connectivity index (χ1n) is 10.8. The highest BCUT2D eigenvalue weighted by molar-refractivity contribution is 7.80. The molecule has 1 fully saturated rings. The van der Waals surface area contributed by atoms with Gasteiger partial charge >= 0.3 is 11.9 Å². The number of pyridine rings is 1. The molecule has 2 atom stereocenters. The number of nitrogens with one attached hydrogen (secondary N) is 1. The van der Waals surface area contributed by atoms with Crippen molar-refractivity contribution in [2.75, 3.05) is 4.90 Å². The Kier molecular flexibility index (Phi) is 5.87.